The van der Waals surface area contributed by atoms with Gasteiger partial charge in [0.15, 0.2) is 0 Å². The summed E-state index contributed by atoms with van der Waals surface area (Å²) in [7, 11) is 0.340. The Balaban J connectivity index is 1.99. The zero-order valence-corrected chi connectivity index (χ0v) is 14.0. The molecule has 0 radical (unpaired) electrons. The molecule has 0 amide bonds. The standard InChI is InChI=1S/C14H22ClN3O2S/c1-16-10-11-9-13(5-6-14(11)15)21(19,20)17-7-8-18(2)12-3-4-12/h5-6,9,12,16-17H,3-4,7-8,10H2,1-2H3. The van der Waals surface area contributed by atoms with Crippen molar-refractivity contribution in [3.63, 3.8) is 0 Å². The van der Waals surface area contributed by atoms with Crippen LogP contribution in [0.15, 0.2) is 23.1 Å². The molecule has 0 saturated heterocycles. The van der Waals surface area contributed by atoms with Gasteiger partial charge in [-0.1, -0.05) is 11.6 Å². The van der Waals surface area contributed by atoms with E-state index < -0.39 is 10.0 Å². The van der Waals surface area contributed by atoms with Crippen LogP contribution in [0.3, 0.4) is 0 Å². The van der Waals surface area contributed by atoms with E-state index in [4.69, 9.17) is 11.6 Å². The molecule has 2 N–H and O–H groups in total. The molecule has 0 bridgehead atoms. The van der Waals surface area contributed by atoms with Crippen molar-refractivity contribution in [1.29, 1.82) is 0 Å². The molecular formula is C14H22ClN3O2S. The van der Waals surface area contributed by atoms with Gasteiger partial charge in [0.2, 0.25) is 10.0 Å². The van der Waals surface area contributed by atoms with E-state index in [0.29, 0.717) is 24.2 Å². The van der Waals surface area contributed by atoms with Gasteiger partial charge in [-0.2, -0.15) is 0 Å². The van der Waals surface area contributed by atoms with Crippen molar-refractivity contribution < 1.29 is 8.42 Å². The zero-order chi connectivity index (χ0) is 15.5. The maximum Gasteiger partial charge on any atom is 0.240 e. The van der Waals surface area contributed by atoms with Crippen LogP contribution in [0, 0.1) is 0 Å². The first kappa shape index (κ1) is 16.7. The monoisotopic (exact) mass is 331 g/mol. The Morgan fingerprint density at radius 1 is 1.38 bits per heavy atom. The molecule has 118 valence electrons. The third kappa shape index (κ3) is 4.66. The Morgan fingerprint density at radius 2 is 2.10 bits per heavy atom. The third-order valence-electron chi connectivity index (χ3n) is 3.62. The van der Waals surface area contributed by atoms with Crippen LogP contribution < -0.4 is 10.0 Å². The molecule has 0 aromatic heterocycles. The zero-order valence-electron chi connectivity index (χ0n) is 12.4. The summed E-state index contributed by atoms with van der Waals surface area (Å²) in [6, 6.07) is 5.41. The molecule has 1 saturated carbocycles. The number of nitrogens with one attached hydrogen (secondary N) is 2. The topological polar surface area (TPSA) is 61.4 Å². The lowest BCUT2D eigenvalue weighted by atomic mass is 10.2. The molecule has 1 aromatic rings. The highest BCUT2D eigenvalue weighted by atomic mass is 35.5. The van der Waals surface area contributed by atoms with Crippen molar-refractivity contribution in [2.45, 2.75) is 30.3 Å². The second-order valence-corrected chi connectivity index (χ2v) is 7.57. The van der Waals surface area contributed by atoms with E-state index >= 15 is 0 Å². The van der Waals surface area contributed by atoms with Crippen molar-refractivity contribution in [2.24, 2.45) is 0 Å². The van der Waals surface area contributed by atoms with Crippen molar-refractivity contribution in [3.8, 4) is 0 Å². The maximum absolute atomic E-state index is 12.3. The van der Waals surface area contributed by atoms with E-state index in [9.17, 15) is 8.42 Å². The highest BCUT2D eigenvalue weighted by Crippen LogP contribution is 2.24. The Labute approximate surface area is 131 Å². The largest absolute Gasteiger partial charge is 0.316 e. The minimum absolute atomic E-state index is 0.256. The first-order valence-electron chi connectivity index (χ1n) is 7.07. The predicted molar refractivity (Wildman–Crippen MR) is 85.1 cm³/mol. The van der Waals surface area contributed by atoms with E-state index in [2.05, 4.69) is 14.9 Å². The van der Waals surface area contributed by atoms with E-state index in [1.807, 2.05) is 7.05 Å². The second-order valence-electron chi connectivity index (χ2n) is 5.39. The van der Waals surface area contributed by atoms with E-state index in [0.717, 1.165) is 12.1 Å². The summed E-state index contributed by atoms with van der Waals surface area (Å²) in [6.45, 7) is 1.67. The number of benzene rings is 1. The Morgan fingerprint density at radius 3 is 2.71 bits per heavy atom. The first-order valence-corrected chi connectivity index (χ1v) is 8.93. The second kappa shape index (κ2) is 7.07. The first-order chi connectivity index (χ1) is 9.94. The lowest BCUT2D eigenvalue weighted by molar-refractivity contribution is 0.329. The fraction of sp³-hybridized carbons (Fsp3) is 0.571. The Hall–Kier alpha value is -0.660. The lowest BCUT2D eigenvalue weighted by Crippen LogP contribution is -2.34. The van der Waals surface area contributed by atoms with Crippen LogP contribution in [0.4, 0.5) is 0 Å². The van der Waals surface area contributed by atoms with E-state index in [1.165, 1.54) is 18.9 Å². The molecule has 0 spiro atoms. The van der Waals surface area contributed by atoms with Crippen molar-refractivity contribution in [1.82, 2.24) is 14.9 Å². The van der Waals surface area contributed by atoms with Crippen LogP contribution in [0.25, 0.3) is 0 Å². The quantitative estimate of drug-likeness (QED) is 0.756. The van der Waals surface area contributed by atoms with Crippen LogP contribution in [0.1, 0.15) is 18.4 Å². The lowest BCUT2D eigenvalue weighted by Gasteiger charge is -2.16. The van der Waals surface area contributed by atoms with Gasteiger partial charge in [-0.25, -0.2) is 13.1 Å². The van der Waals surface area contributed by atoms with Gasteiger partial charge in [-0.05, 0) is 50.7 Å². The van der Waals surface area contributed by atoms with Gasteiger partial charge < -0.3 is 10.2 Å². The van der Waals surface area contributed by atoms with Crippen LogP contribution in [0.2, 0.25) is 5.02 Å². The molecule has 1 aromatic carbocycles. The number of rotatable bonds is 8. The number of sulfonamides is 1. The number of hydrogen-bond donors (Lipinski definition) is 2. The van der Waals surface area contributed by atoms with Gasteiger partial charge in [-0.3, -0.25) is 0 Å². The Kier molecular flexibility index (Phi) is 5.62. The number of nitrogens with zero attached hydrogens (tertiary/aromatic N) is 1. The highest BCUT2D eigenvalue weighted by molar-refractivity contribution is 7.89. The third-order valence-corrected chi connectivity index (χ3v) is 5.45. The summed E-state index contributed by atoms with van der Waals surface area (Å²) in [4.78, 5) is 2.45. The minimum atomic E-state index is -3.48. The van der Waals surface area contributed by atoms with Crippen LogP contribution in [0.5, 0.6) is 0 Å². The summed E-state index contributed by atoms with van der Waals surface area (Å²) in [5, 5.41) is 3.54. The highest BCUT2D eigenvalue weighted by Gasteiger charge is 2.26. The summed E-state index contributed by atoms with van der Waals surface area (Å²) >= 11 is 6.05. The summed E-state index contributed by atoms with van der Waals surface area (Å²) < 4.78 is 27.2. The SMILES string of the molecule is CNCc1cc(S(=O)(=O)NCCN(C)C2CC2)ccc1Cl. The molecule has 1 fully saturated rings. The minimum Gasteiger partial charge on any atom is -0.316 e. The molecule has 5 nitrogen and oxygen atoms in total. The van der Waals surface area contributed by atoms with Gasteiger partial charge in [0, 0.05) is 30.7 Å². The van der Waals surface area contributed by atoms with Crippen LogP contribution in [-0.4, -0.2) is 46.5 Å². The van der Waals surface area contributed by atoms with Crippen molar-refractivity contribution >= 4 is 21.6 Å². The van der Waals surface area contributed by atoms with Gasteiger partial charge in [0.25, 0.3) is 0 Å². The van der Waals surface area contributed by atoms with Gasteiger partial charge in [0.05, 0.1) is 4.90 Å². The average molecular weight is 332 g/mol. The number of hydrogen-bond acceptors (Lipinski definition) is 4. The summed E-state index contributed by atoms with van der Waals surface area (Å²) in [5.74, 6) is 0. The average Bonchev–Trinajstić information content (AvgIpc) is 3.25. The molecule has 1 aliphatic carbocycles. The molecule has 0 aliphatic heterocycles. The molecule has 2 rings (SSSR count). The number of halogens is 1. The van der Waals surface area contributed by atoms with E-state index in [-0.39, 0.29) is 4.90 Å². The molecule has 7 heteroatoms. The van der Waals surface area contributed by atoms with Crippen molar-refractivity contribution in [2.75, 3.05) is 27.2 Å². The predicted octanol–water partition coefficient (Wildman–Crippen LogP) is 1.43. The fourth-order valence-electron chi connectivity index (χ4n) is 2.18. The fourth-order valence-corrected chi connectivity index (χ4v) is 3.44. The van der Waals surface area contributed by atoms with Gasteiger partial charge >= 0.3 is 0 Å². The summed E-state index contributed by atoms with van der Waals surface area (Å²) in [6.07, 6.45) is 2.43. The van der Waals surface area contributed by atoms with Gasteiger partial charge in [-0.15, -0.1) is 0 Å². The normalized spacial score (nSPS) is 15.6. The van der Waals surface area contributed by atoms with Crippen molar-refractivity contribution in [3.05, 3.63) is 28.8 Å². The molecule has 1 aliphatic rings. The molecule has 0 heterocycles. The Bertz CT molecular complexity index is 588. The molecule has 0 unspecified atom stereocenters. The number of likely N-dealkylation sites (N-methyl/N-ethyl adjacent to an activating group) is 1. The van der Waals surface area contributed by atoms with Crippen LogP contribution >= 0.6 is 11.6 Å². The smallest absolute Gasteiger partial charge is 0.240 e. The molecular weight excluding hydrogens is 310 g/mol. The molecule has 21 heavy (non-hydrogen) atoms. The van der Waals surface area contributed by atoms with Crippen LogP contribution in [-0.2, 0) is 16.6 Å². The maximum atomic E-state index is 12.3. The molecule has 0 atom stereocenters. The summed E-state index contributed by atoms with van der Waals surface area (Å²) in [5.41, 5.74) is 0.775. The van der Waals surface area contributed by atoms with Gasteiger partial charge in [0.1, 0.15) is 0 Å². The van der Waals surface area contributed by atoms with E-state index in [1.54, 1.807) is 19.2 Å².